The summed E-state index contributed by atoms with van der Waals surface area (Å²) >= 11 is 0. The minimum Gasteiger partial charge on any atom is -0.506 e. The maximum absolute atomic E-state index is 12.3. The lowest BCUT2D eigenvalue weighted by Crippen LogP contribution is -2.28. The topological polar surface area (TPSA) is 138 Å². The Hall–Kier alpha value is -3.11. The van der Waals surface area contributed by atoms with Gasteiger partial charge in [0.25, 0.3) is 5.91 Å². The Balaban J connectivity index is 1.82. The Labute approximate surface area is 143 Å². The summed E-state index contributed by atoms with van der Waals surface area (Å²) < 4.78 is 22.7. The number of rotatable bonds is 4. The molecule has 1 unspecified atom stereocenters. The molecule has 25 heavy (non-hydrogen) atoms. The number of phenolic OH excluding ortho intramolecular Hbond substituents is 1. The second-order valence-corrected chi connectivity index (χ2v) is 6.67. The number of hydrogen-bond donors (Lipinski definition) is 2. The summed E-state index contributed by atoms with van der Waals surface area (Å²) in [6.45, 7) is 0. The number of amides is 1. The van der Waals surface area contributed by atoms with Crippen molar-refractivity contribution in [1.29, 1.82) is 0 Å². The second-order valence-electron chi connectivity index (χ2n) is 5.11. The average molecular weight is 359 g/mol. The van der Waals surface area contributed by atoms with E-state index in [1.165, 1.54) is 11.2 Å². The van der Waals surface area contributed by atoms with Crippen molar-refractivity contribution in [2.75, 3.05) is 5.01 Å². The zero-order chi connectivity index (χ0) is 18.0. The van der Waals surface area contributed by atoms with Crippen molar-refractivity contribution in [3.05, 3.63) is 48.5 Å². The minimum absolute atomic E-state index is 0.120. The van der Waals surface area contributed by atoms with Gasteiger partial charge in [-0.05, 0) is 30.3 Å². The van der Waals surface area contributed by atoms with Crippen molar-refractivity contribution in [3.63, 3.8) is 0 Å². The van der Waals surface area contributed by atoms with Crippen molar-refractivity contribution >= 4 is 33.5 Å². The number of nitrogens with two attached hydrogens (primary N) is 1. The summed E-state index contributed by atoms with van der Waals surface area (Å²) in [5, 5.41) is 27.5. The number of anilines is 1. The van der Waals surface area contributed by atoms with Gasteiger partial charge in [-0.25, -0.2) is 13.6 Å². The average Bonchev–Trinajstić information content (AvgIpc) is 2.94. The maximum Gasteiger partial charge on any atom is 0.279 e. The number of primary sulfonamides is 1. The van der Waals surface area contributed by atoms with Crippen LogP contribution in [0.3, 0.4) is 0 Å². The summed E-state index contributed by atoms with van der Waals surface area (Å²) in [5.74, 6) is -0.713. The van der Waals surface area contributed by atoms with Gasteiger partial charge in [-0.3, -0.25) is 4.79 Å². The molecule has 3 rings (SSSR count). The van der Waals surface area contributed by atoms with Crippen molar-refractivity contribution in [2.24, 2.45) is 20.5 Å². The Morgan fingerprint density at radius 3 is 2.56 bits per heavy atom. The van der Waals surface area contributed by atoms with E-state index in [4.69, 9.17) is 5.14 Å². The Morgan fingerprint density at radius 2 is 1.88 bits per heavy atom. The molecule has 3 N–H and O–H groups in total. The summed E-state index contributed by atoms with van der Waals surface area (Å²) in [7, 11) is -3.95. The first-order valence-corrected chi connectivity index (χ1v) is 8.61. The number of phenols is 1. The molecule has 0 saturated heterocycles. The molecule has 1 aliphatic heterocycles. The highest BCUT2D eigenvalue weighted by Crippen LogP contribution is 2.29. The highest BCUT2D eigenvalue weighted by atomic mass is 32.2. The monoisotopic (exact) mass is 359 g/mol. The van der Waals surface area contributed by atoms with Crippen LogP contribution >= 0.6 is 0 Å². The molecule has 0 saturated carbocycles. The SMILES string of the molecule is NS(=O)(=O)c1ccc(O)c(N=NC2C=NN(c3ccccc3)C2=O)c1. The number of sulfonamides is 1. The molecule has 128 valence electrons. The fraction of sp³-hybridized carbons (Fsp3) is 0.0667. The van der Waals surface area contributed by atoms with Gasteiger partial charge in [0.1, 0.15) is 11.4 Å². The predicted octanol–water partition coefficient (Wildman–Crippen LogP) is 1.52. The van der Waals surface area contributed by atoms with E-state index in [1.807, 2.05) is 6.07 Å². The van der Waals surface area contributed by atoms with Crippen LogP contribution < -0.4 is 10.1 Å². The molecule has 9 nitrogen and oxygen atoms in total. The Morgan fingerprint density at radius 1 is 1.16 bits per heavy atom. The Bertz CT molecular complexity index is 973. The first-order valence-electron chi connectivity index (χ1n) is 7.06. The van der Waals surface area contributed by atoms with E-state index in [-0.39, 0.29) is 16.3 Å². The number of aromatic hydroxyl groups is 1. The minimum atomic E-state index is -3.95. The first-order chi connectivity index (χ1) is 11.9. The van der Waals surface area contributed by atoms with E-state index in [0.29, 0.717) is 5.69 Å². The molecule has 0 aliphatic carbocycles. The van der Waals surface area contributed by atoms with Gasteiger partial charge in [-0.2, -0.15) is 20.3 Å². The van der Waals surface area contributed by atoms with Crippen LogP contribution in [-0.2, 0) is 14.8 Å². The fourth-order valence-corrected chi connectivity index (χ4v) is 2.64. The molecule has 1 aliphatic rings. The van der Waals surface area contributed by atoms with Gasteiger partial charge >= 0.3 is 0 Å². The zero-order valence-electron chi connectivity index (χ0n) is 12.7. The molecular formula is C15H13N5O4S. The van der Waals surface area contributed by atoms with Gasteiger partial charge < -0.3 is 5.11 Å². The lowest BCUT2D eigenvalue weighted by molar-refractivity contribution is -0.117. The third-order valence-corrected chi connectivity index (χ3v) is 4.26. The highest BCUT2D eigenvalue weighted by molar-refractivity contribution is 7.89. The third-order valence-electron chi connectivity index (χ3n) is 3.35. The molecule has 0 spiro atoms. The lowest BCUT2D eigenvalue weighted by Gasteiger charge is -2.11. The van der Waals surface area contributed by atoms with Crippen molar-refractivity contribution in [1.82, 2.24) is 0 Å². The first kappa shape index (κ1) is 16.7. The van der Waals surface area contributed by atoms with E-state index in [9.17, 15) is 18.3 Å². The number of para-hydroxylation sites is 1. The quantitative estimate of drug-likeness (QED) is 0.799. The van der Waals surface area contributed by atoms with Crippen LogP contribution in [0.5, 0.6) is 5.75 Å². The molecule has 10 heteroatoms. The van der Waals surface area contributed by atoms with E-state index in [2.05, 4.69) is 15.3 Å². The molecule has 0 radical (unpaired) electrons. The van der Waals surface area contributed by atoms with Crippen molar-refractivity contribution in [2.45, 2.75) is 10.9 Å². The van der Waals surface area contributed by atoms with E-state index in [1.54, 1.807) is 24.3 Å². The highest BCUT2D eigenvalue weighted by Gasteiger charge is 2.29. The summed E-state index contributed by atoms with van der Waals surface area (Å²) in [6, 6.07) is 11.2. The lowest BCUT2D eigenvalue weighted by atomic mass is 10.3. The molecular weight excluding hydrogens is 346 g/mol. The van der Waals surface area contributed by atoms with E-state index in [0.717, 1.165) is 18.2 Å². The number of nitrogens with zero attached hydrogens (tertiary/aromatic N) is 4. The molecule has 2 aromatic rings. The normalized spacial score (nSPS) is 17.6. The molecule has 1 amide bonds. The number of azo groups is 1. The molecule has 0 bridgehead atoms. The smallest absolute Gasteiger partial charge is 0.279 e. The summed E-state index contributed by atoms with van der Waals surface area (Å²) in [5.41, 5.74) is 0.464. The van der Waals surface area contributed by atoms with E-state index < -0.39 is 22.0 Å². The van der Waals surface area contributed by atoms with Crippen LogP contribution in [0.25, 0.3) is 0 Å². The van der Waals surface area contributed by atoms with Crippen LogP contribution in [0.1, 0.15) is 0 Å². The van der Waals surface area contributed by atoms with Crippen LogP contribution in [-0.4, -0.2) is 31.7 Å². The molecule has 0 fully saturated rings. The molecule has 1 atom stereocenters. The van der Waals surface area contributed by atoms with Gasteiger partial charge in [0.15, 0.2) is 6.04 Å². The molecule has 1 heterocycles. The number of carbonyl (C=O) groups excluding carboxylic acids is 1. The van der Waals surface area contributed by atoms with Gasteiger partial charge in [-0.1, -0.05) is 18.2 Å². The van der Waals surface area contributed by atoms with Crippen LogP contribution in [0, 0.1) is 0 Å². The molecule has 0 aromatic heterocycles. The fourth-order valence-electron chi connectivity index (χ4n) is 2.10. The largest absolute Gasteiger partial charge is 0.506 e. The van der Waals surface area contributed by atoms with Crippen molar-refractivity contribution < 1.29 is 18.3 Å². The molecule has 2 aromatic carbocycles. The maximum atomic E-state index is 12.3. The number of carbonyl (C=O) groups is 1. The zero-order valence-corrected chi connectivity index (χ0v) is 13.5. The summed E-state index contributed by atoms with van der Waals surface area (Å²) in [6.07, 6.45) is 1.30. The van der Waals surface area contributed by atoms with Crippen LogP contribution in [0.15, 0.2) is 68.8 Å². The predicted molar refractivity (Wildman–Crippen MR) is 90.2 cm³/mol. The standard InChI is InChI=1S/C15H13N5O4S/c16-25(23,24)11-6-7-14(21)12(8-11)18-19-13-9-17-20(15(13)22)10-4-2-1-3-5-10/h1-9,13,21H,(H2,16,23,24). The van der Waals surface area contributed by atoms with Gasteiger partial charge in [0.2, 0.25) is 10.0 Å². The van der Waals surface area contributed by atoms with E-state index >= 15 is 0 Å². The number of hydrogen-bond acceptors (Lipinski definition) is 7. The van der Waals surface area contributed by atoms with Gasteiger partial charge in [-0.15, -0.1) is 0 Å². The van der Waals surface area contributed by atoms with Crippen LogP contribution in [0.4, 0.5) is 11.4 Å². The van der Waals surface area contributed by atoms with Crippen LogP contribution in [0.2, 0.25) is 0 Å². The third kappa shape index (κ3) is 3.54. The van der Waals surface area contributed by atoms with Gasteiger partial charge in [0.05, 0.1) is 16.8 Å². The number of hydrazone groups is 1. The Kier molecular flexibility index (Phi) is 4.30. The number of benzene rings is 2. The van der Waals surface area contributed by atoms with Crippen molar-refractivity contribution in [3.8, 4) is 5.75 Å². The second kappa shape index (κ2) is 6.42. The summed E-state index contributed by atoms with van der Waals surface area (Å²) in [4.78, 5) is 12.1. The van der Waals surface area contributed by atoms with Gasteiger partial charge in [0, 0.05) is 0 Å².